The molecule has 0 radical (unpaired) electrons. The van der Waals surface area contributed by atoms with Crippen molar-refractivity contribution in [1.29, 1.82) is 0 Å². The number of benzene rings is 1. The highest BCUT2D eigenvalue weighted by Gasteiger charge is 2.20. The number of rotatable bonds is 5. The molecule has 18 heavy (non-hydrogen) atoms. The number of likely N-dealkylation sites (N-methyl/N-ethyl adjacent to an activating group) is 1. The Labute approximate surface area is 112 Å². The molecule has 0 aliphatic heterocycles. The lowest BCUT2D eigenvalue weighted by molar-refractivity contribution is 0.589. The molecule has 2 rings (SSSR count). The molecule has 0 bridgehead atoms. The summed E-state index contributed by atoms with van der Waals surface area (Å²) < 4.78 is 4.11. The zero-order chi connectivity index (χ0) is 13.0. The van der Waals surface area contributed by atoms with Gasteiger partial charge >= 0.3 is 0 Å². The summed E-state index contributed by atoms with van der Waals surface area (Å²) in [5.74, 6) is 0.422. The first-order chi connectivity index (χ1) is 8.72. The molecule has 3 nitrogen and oxygen atoms in total. The van der Waals surface area contributed by atoms with Gasteiger partial charge < -0.3 is 5.32 Å². The lowest BCUT2D eigenvalue weighted by Gasteiger charge is -2.16. The van der Waals surface area contributed by atoms with Crippen LogP contribution in [-0.2, 0) is 6.42 Å². The van der Waals surface area contributed by atoms with Gasteiger partial charge in [0.1, 0.15) is 0 Å². The summed E-state index contributed by atoms with van der Waals surface area (Å²) >= 11 is 1.51. The van der Waals surface area contributed by atoms with Crippen molar-refractivity contribution in [2.45, 2.75) is 32.2 Å². The Kier molecular flexibility index (Phi) is 4.44. The topological polar surface area (TPSA) is 37.8 Å². The fraction of sp³-hybridized carbons (Fsp3) is 0.429. The van der Waals surface area contributed by atoms with Crippen molar-refractivity contribution in [3.63, 3.8) is 0 Å². The van der Waals surface area contributed by atoms with Gasteiger partial charge in [0.2, 0.25) is 0 Å². The van der Waals surface area contributed by atoms with Gasteiger partial charge in [0.25, 0.3) is 0 Å². The predicted molar refractivity (Wildman–Crippen MR) is 75.9 cm³/mol. The molecule has 4 heteroatoms. The first kappa shape index (κ1) is 13.2. The van der Waals surface area contributed by atoms with Crippen molar-refractivity contribution in [3.8, 4) is 0 Å². The van der Waals surface area contributed by atoms with Gasteiger partial charge in [-0.2, -0.15) is 0 Å². The maximum absolute atomic E-state index is 4.25. The van der Waals surface area contributed by atoms with E-state index < -0.39 is 0 Å². The Balaban J connectivity index is 2.21. The molecule has 1 atom stereocenters. The number of hydrogen-bond donors (Lipinski definition) is 1. The third-order valence-corrected chi connectivity index (χ3v) is 3.89. The van der Waals surface area contributed by atoms with E-state index in [2.05, 4.69) is 53.0 Å². The molecule has 0 saturated heterocycles. The monoisotopic (exact) mass is 261 g/mol. The zero-order valence-corrected chi connectivity index (χ0v) is 11.9. The van der Waals surface area contributed by atoms with E-state index in [1.165, 1.54) is 22.0 Å². The molecular weight excluding hydrogens is 242 g/mol. The molecule has 2 aromatic rings. The fourth-order valence-corrected chi connectivity index (χ4v) is 2.94. The number of nitrogens with one attached hydrogen (secondary N) is 1. The smallest absolute Gasteiger partial charge is 0.0829 e. The molecule has 1 aromatic carbocycles. The second-order valence-corrected chi connectivity index (χ2v) is 5.49. The molecule has 0 amide bonds. The lowest BCUT2D eigenvalue weighted by Crippen LogP contribution is -2.19. The average molecular weight is 261 g/mol. The minimum atomic E-state index is 0.296. The van der Waals surface area contributed by atoms with Crippen molar-refractivity contribution in [3.05, 3.63) is 46.5 Å². The van der Waals surface area contributed by atoms with Crippen LogP contribution in [0.4, 0.5) is 0 Å². The highest BCUT2D eigenvalue weighted by Crippen LogP contribution is 2.28. The van der Waals surface area contributed by atoms with Crippen LogP contribution in [0.3, 0.4) is 0 Å². The Hall–Kier alpha value is -1.26. The summed E-state index contributed by atoms with van der Waals surface area (Å²) in [4.78, 5) is 1.26. The second-order valence-electron chi connectivity index (χ2n) is 4.71. The van der Waals surface area contributed by atoms with Crippen LogP contribution in [-0.4, -0.2) is 16.6 Å². The van der Waals surface area contributed by atoms with Gasteiger partial charge in [0.05, 0.1) is 10.6 Å². The van der Waals surface area contributed by atoms with Crippen molar-refractivity contribution in [1.82, 2.24) is 14.9 Å². The highest BCUT2D eigenvalue weighted by molar-refractivity contribution is 7.05. The zero-order valence-electron chi connectivity index (χ0n) is 11.1. The van der Waals surface area contributed by atoms with Gasteiger partial charge in [0.15, 0.2) is 0 Å². The summed E-state index contributed by atoms with van der Waals surface area (Å²) in [6.45, 7) is 4.32. The predicted octanol–water partition coefficient (Wildman–Crippen LogP) is 3.16. The Morgan fingerprint density at radius 1 is 1.22 bits per heavy atom. The average Bonchev–Trinajstić information content (AvgIpc) is 2.86. The van der Waals surface area contributed by atoms with Crippen LogP contribution in [0.1, 0.15) is 41.9 Å². The molecule has 96 valence electrons. The van der Waals surface area contributed by atoms with Crippen LogP contribution in [0.25, 0.3) is 0 Å². The first-order valence-electron chi connectivity index (χ1n) is 6.25. The van der Waals surface area contributed by atoms with E-state index in [1.54, 1.807) is 0 Å². The largest absolute Gasteiger partial charge is 0.312 e. The Bertz CT molecular complexity index is 479. The maximum Gasteiger partial charge on any atom is 0.0829 e. The third kappa shape index (κ3) is 2.94. The van der Waals surface area contributed by atoms with E-state index >= 15 is 0 Å². The Morgan fingerprint density at radius 3 is 2.56 bits per heavy atom. The lowest BCUT2D eigenvalue weighted by atomic mass is 10.0. The SMILES string of the molecule is CNC(Cc1ccccc1)c1snnc1C(C)C. The molecule has 0 saturated carbocycles. The normalized spacial score (nSPS) is 12.9. The third-order valence-electron chi connectivity index (χ3n) is 3.03. The van der Waals surface area contributed by atoms with Gasteiger partial charge in [0, 0.05) is 6.04 Å². The molecule has 0 aliphatic carbocycles. The molecular formula is C14H19N3S. The summed E-state index contributed by atoms with van der Waals surface area (Å²) in [7, 11) is 2.00. The van der Waals surface area contributed by atoms with Crippen molar-refractivity contribution < 1.29 is 0 Å². The van der Waals surface area contributed by atoms with Gasteiger partial charge in [-0.3, -0.25) is 0 Å². The Morgan fingerprint density at radius 2 is 1.94 bits per heavy atom. The van der Waals surface area contributed by atoms with Crippen LogP contribution in [0, 0.1) is 0 Å². The van der Waals surface area contributed by atoms with Crippen molar-refractivity contribution in [2.75, 3.05) is 7.05 Å². The van der Waals surface area contributed by atoms with Crippen LogP contribution in [0.15, 0.2) is 30.3 Å². The van der Waals surface area contributed by atoms with E-state index in [0.29, 0.717) is 12.0 Å². The minimum Gasteiger partial charge on any atom is -0.312 e. The minimum absolute atomic E-state index is 0.296. The standard InChI is InChI=1S/C14H19N3S/c1-10(2)13-14(18-17-16-13)12(15-3)9-11-7-5-4-6-8-11/h4-8,10,12,15H,9H2,1-3H3. The second kappa shape index (κ2) is 6.07. The van der Waals surface area contributed by atoms with Crippen LogP contribution in [0.5, 0.6) is 0 Å². The summed E-state index contributed by atoms with van der Waals surface area (Å²) in [5.41, 5.74) is 2.45. The van der Waals surface area contributed by atoms with E-state index in [1.807, 2.05) is 13.1 Å². The number of aromatic nitrogens is 2. The van der Waals surface area contributed by atoms with E-state index in [-0.39, 0.29) is 0 Å². The van der Waals surface area contributed by atoms with Gasteiger partial charge in [-0.25, -0.2) is 0 Å². The molecule has 1 N–H and O–H groups in total. The van der Waals surface area contributed by atoms with E-state index in [4.69, 9.17) is 0 Å². The number of hydrogen-bond acceptors (Lipinski definition) is 4. The van der Waals surface area contributed by atoms with Crippen molar-refractivity contribution >= 4 is 11.5 Å². The highest BCUT2D eigenvalue weighted by atomic mass is 32.1. The molecule has 1 unspecified atom stereocenters. The van der Waals surface area contributed by atoms with E-state index in [0.717, 1.165) is 12.1 Å². The van der Waals surface area contributed by atoms with E-state index in [9.17, 15) is 0 Å². The summed E-state index contributed by atoms with van der Waals surface area (Å²) in [6, 6.07) is 10.8. The molecule has 0 fully saturated rings. The summed E-state index contributed by atoms with van der Waals surface area (Å²) in [5, 5.41) is 7.63. The van der Waals surface area contributed by atoms with Gasteiger partial charge in [-0.15, -0.1) is 5.10 Å². The first-order valence-corrected chi connectivity index (χ1v) is 7.03. The molecule has 0 spiro atoms. The molecule has 1 heterocycles. The molecule has 0 aliphatic rings. The molecule has 1 aromatic heterocycles. The van der Waals surface area contributed by atoms with Crippen LogP contribution < -0.4 is 5.32 Å². The quantitative estimate of drug-likeness (QED) is 0.898. The van der Waals surface area contributed by atoms with Crippen molar-refractivity contribution in [2.24, 2.45) is 0 Å². The number of nitrogens with zero attached hydrogens (tertiary/aromatic N) is 2. The van der Waals surface area contributed by atoms with Gasteiger partial charge in [-0.1, -0.05) is 48.7 Å². The van der Waals surface area contributed by atoms with Crippen LogP contribution >= 0.6 is 11.5 Å². The maximum atomic E-state index is 4.25. The fourth-order valence-electron chi connectivity index (χ4n) is 2.02. The van der Waals surface area contributed by atoms with Crippen LogP contribution in [0.2, 0.25) is 0 Å². The summed E-state index contributed by atoms with van der Waals surface area (Å²) in [6.07, 6.45) is 0.973. The van der Waals surface area contributed by atoms with Gasteiger partial charge in [-0.05, 0) is 36.5 Å².